The lowest BCUT2D eigenvalue weighted by Crippen LogP contribution is -2.34. The molecule has 0 aromatic rings. The predicted octanol–water partition coefficient (Wildman–Crippen LogP) is 3.60. The average molecular weight is 217 g/mol. The molecule has 0 aromatic heterocycles. The van der Waals surface area contributed by atoms with Crippen molar-refractivity contribution in [1.29, 1.82) is 0 Å². The minimum atomic E-state index is 0.332. The smallest absolute Gasteiger partial charge is 0.0671 e. The highest BCUT2D eigenvalue weighted by molar-refractivity contribution is 6.18. The lowest BCUT2D eigenvalue weighted by atomic mass is 9.76. The SMILES string of the molecule is CCCCC1(CCl)CCOC1C1CC1. The molecular formula is C12H21ClO. The molecule has 1 aliphatic heterocycles. The minimum absolute atomic E-state index is 0.332. The van der Waals surface area contributed by atoms with E-state index in [0.717, 1.165) is 18.4 Å². The molecule has 1 saturated heterocycles. The average Bonchev–Trinajstić information content (AvgIpc) is 2.97. The maximum Gasteiger partial charge on any atom is 0.0671 e. The Balaban J connectivity index is 1.99. The summed E-state index contributed by atoms with van der Waals surface area (Å²) in [6.07, 6.45) is 8.28. The first-order chi connectivity index (χ1) is 6.82. The minimum Gasteiger partial charge on any atom is -0.377 e. The summed E-state index contributed by atoms with van der Waals surface area (Å²) in [5.41, 5.74) is 0.332. The lowest BCUT2D eigenvalue weighted by molar-refractivity contribution is 0.0357. The van der Waals surface area contributed by atoms with Crippen molar-refractivity contribution in [3.8, 4) is 0 Å². The second kappa shape index (κ2) is 4.40. The molecule has 2 rings (SSSR count). The molecule has 0 N–H and O–H groups in total. The molecule has 0 radical (unpaired) electrons. The van der Waals surface area contributed by atoms with Gasteiger partial charge in [0.2, 0.25) is 0 Å². The zero-order valence-corrected chi connectivity index (χ0v) is 9.85. The van der Waals surface area contributed by atoms with E-state index in [1.54, 1.807) is 0 Å². The van der Waals surface area contributed by atoms with E-state index in [-0.39, 0.29) is 0 Å². The zero-order chi connectivity index (χ0) is 10.0. The van der Waals surface area contributed by atoms with Crippen LogP contribution in [0.15, 0.2) is 0 Å². The van der Waals surface area contributed by atoms with Crippen LogP contribution in [0.5, 0.6) is 0 Å². The van der Waals surface area contributed by atoms with Gasteiger partial charge < -0.3 is 4.74 Å². The van der Waals surface area contributed by atoms with Crippen LogP contribution in [0.2, 0.25) is 0 Å². The summed E-state index contributed by atoms with van der Waals surface area (Å²) in [6, 6.07) is 0. The molecular weight excluding hydrogens is 196 g/mol. The maximum absolute atomic E-state index is 6.19. The first kappa shape index (κ1) is 10.8. The quantitative estimate of drug-likeness (QED) is 0.639. The second-order valence-electron chi connectivity index (χ2n) is 4.98. The topological polar surface area (TPSA) is 9.23 Å². The van der Waals surface area contributed by atoms with Gasteiger partial charge in [-0.05, 0) is 31.6 Å². The fraction of sp³-hybridized carbons (Fsp3) is 1.00. The van der Waals surface area contributed by atoms with Gasteiger partial charge in [0.05, 0.1) is 6.10 Å². The van der Waals surface area contributed by atoms with Crippen molar-refractivity contribution in [1.82, 2.24) is 0 Å². The van der Waals surface area contributed by atoms with Crippen LogP contribution in [0.25, 0.3) is 0 Å². The standard InChI is InChI=1S/C12H21ClO/c1-2-3-6-12(9-13)7-8-14-11(12)10-4-5-10/h10-11H,2-9H2,1H3. The van der Waals surface area contributed by atoms with Crippen molar-refractivity contribution in [3.05, 3.63) is 0 Å². The largest absolute Gasteiger partial charge is 0.377 e. The number of rotatable bonds is 5. The van der Waals surface area contributed by atoms with Crippen molar-refractivity contribution < 1.29 is 4.74 Å². The first-order valence-corrected chi connectivity index (χ1v) is 6.53. The summed E-state index contributed by atoms with van der Waals surface area (Å²) < 4.78 is 5.90. The molecule has 2 atom stereocenters. The van der Waals surface area contributed by atoms with E-state index in [9.17, 15) is 0 Å². The van der Waals surface area contributed by atoms with Crippen LogP contribution in [0.4, 0.5) is 0 Å². The summed E-state index contributed by atoms with van der Waals surface area (Å²) in [6.45, 7) is 3.20. The fourth-order valence-corrected chi connectivity index (χ4v) is 3.17. The Hall–Kier alpha value is 0.250. The number of ether oxygens (including phenoxy) is 1. The monoisotopic (exact) mass is 216 g/mol. The number of unbranched alkanes of at least 4 members (excludes halogenated alkanes) is 1. The van der Waals surface area contributed by atoms with E-state index in [1.165, 1.54) is 38.5 Å². The summed E-state index contributed by atoms with van der Waals surface area (Å²) in [5, 5.41) is 0. The number of halogens is 1. The number of hydrogen-bond acceptors (Lipinski definition) is 1. The van der Waals surface area contributed by atoms with Crippen molar-refractivity contribution in [2.24, 2.45) is 11.3 Å². The molecule has 1 nitrogen and oxygen atoms in total. The van der Waals surface area contributed by atoms with Gasteiger partial charge in [-0.25, -0.2) is 0 Å². The molecule has 2 unspecified atom stereocenters. The van der Waals surface area contributed by atoms with Gasteiger partial charge in [0, 0.05) is 17.9 Å². The number of hydrogen-bond donors (Lipinski definition) is 0. The highest BCUT2D eigenvalue weighted by Crippen LogP contribution is 2.50. The van der Waals surface area contributed by atoms with E-state index in [1.807, 2.05) is 0 Å². The molecule has 1 saturated carbocycles. The van der Waals surface area contributed by atoms with E-state index in [4.69, 9.17) is 16.3 Å². The fourth-order valence-electron chi connectivity index (χ4n) is 2.75. The van der Waals surface area contributed by atoms with Gasteiger partial charge in [-0.1, -0.05) is 19.8 Å². The highest BCUT2D eigenvalue weighted by Gasteiger charge is 2.49. The third kappa shape index (κ3) is 1.94. The molecule has 2 heteroatoms. The third-order valence-electron chi connectivity index (χ3n) is 3.85. The number of alkyl halides is 1. The lowest BCUT2D eigenvalue weighted by Gasteiger charge is -2.32. The van der Waals surface area contributed by atoms with Gasteiger partial charge in [0.1, 0.15) is 0 Å². The third-order valence-corrected chi connectivity index (χ3v) is 4.38. The van der Waals surface area contributed by atoms with Crippen molar-refractivity contribution in [2.75, 3.05) is 12.5 Å². The Labute approximate surface area is 92.2 Å². The van der Waals surface area contributed by atoms with Gasteiger partial charge in [0.15, 0.2) is 0 Å². The van der Waals surface area contributed by atoms with Gasteiger partial charge in [-0.2, -0.15) is 0 Å². The summed E-state index contributed by atoms with van der Waals surface area (Å²) in [5.74, 6) is 1.64. The van der Waals surface area contributed by atoms with E-state index < -0.39 is 0 Å². The molecule has 14 heavy (non-hydrogen) atoms. The molecule has 1 aliphatic carbocycles. The van der Waals surface area contributed by atoms with Gasteiger partial charge in [0.25, 0.3) is 0 Å². The molecule has 82 valence electrons. The van der Waals surface area contributed by atoms with Gasteiger partial charge >= 0.3 is 0 Å². The Morgan fingerprint density at radius 2 is 2.21 bits per heavy atom. The maximum atomic E-state index is 6.19. The molecule has 0 amide bonds. The Morgan fingerprint density at radius 1 is 1.43 bits per heavy atom. The van der Waals surface area contributed by atoms with E-state index in [2.05, 4.69) is 6.92 Å². The Kier molecular flexibility index (Phi) is 3.38. The van der Waals surface area contributed by atoms with Crippen molar-refractivity contribution in [2.45, 2.75) is 51.6 Å². The van der Waals surface area contributed by atoms with Gasteiger partial charge in [-0.15, -0.1) is 11.6 Å². The van der Waals surface area contributed by atoms with Crippen LogP contribution >= 0.6 is 11.6 Å². The summed E-state index contributed by atoms with van der Waals surface area (Å²) in [7, 11) is 0. The molecule has 0 bridgehead atoms. The summed E-state index contributed by atoms with van der Waals surface area (Å²) in [4.78, 5) is 0. The van der Waals surface area contributed by atoms with Crippen molar-refractivity contribution >= 4 is 11.6 Å². The van der Waals surface area contributed by atoms with Crippen LogP contribution in [0.3, 0.4) is 0 Å². The molecule has 0 aromatic carbocycles. The van der Waals surface area contributed by atoms with Crippen molar-refractivity contribution in [3.63, 3.8) is 0 Å². The normalized spacial score (nSPS) is 37.7. The van der Waals surface area contributed by atoms with Gasteiger partial charge in [-0.3, -0.25) is 0 Å². The Morgan fingerprint density at radius 3 is 2.79 bits per heavy atom. The highest BCUT2D eigenvalue weighted by atomic mass is 35.5. The second-order valence-corrected chi connectivity index (χ2v) is 5.25. The molecule has 2 fully saturated rings. The van der Waals surface area contributed by atoms with Crippen LogP contribution < -0.4 is 0 Å². The first-order valence-electron chi connectivity index (χ1n) is 6.00. The molecule has 0 spiro atoms. The van der Waals surface area contributed by atoms with Crippen LogP contribution in [0, 0.1) is 11.3 Å². The van der Waals surface area contributed by atoms with Crippen LogP contribution in [-0.2, 0) is 4.74 Å². The summed E-state index contributed by atoms with van der Waals surface area (Å²) >= 11 is 6.19. The molecule has 2 aliphatic rings. The van der Waals surface area contributed by atoms with Crippen LogP contribution in [-0.4, -0.2) is 18.6 Å². The Bertz CT molecular complexity index is 191. The van der Waals surface area contributed by atoms with Crippen LogP contribution in [0.1, 0.15) is 45.4 Å². The zero-order valence-electron chi connectivity index (χ0n) is 9.10. The van der Waals surface area contributed by atoms with E-state index in [0.29, 0.717) is 11.5 Å². The van der Waals surface area contributed by atoms with E-state index >= 15 is 0 Å². The molecule has 1 heterocycles. The predicted molar refractivity (Wildman–Crippen MR) is 59.8 cm³/mol.